The van der Waals surface area contributed by atoms with Crippen LogP contribution in [0.4, 0.5) is 31.5 Å². The Labute approximate surface area is 195 Å². The molecule has 1 saturated heterocycles. The number of carbonyl (C=O) groups is 1. The molecule has 0 radical (unpaired) electrons. The van der Waals surface area contributed by atoms with Gasteiger partial charge in [0, 0.05) is 55.2 Å². The van der Waals surface area contributed by atoms with E-state index in [0.29, 0.717) is 37.9 Å². The Hall–Kier alpha value is -4.01. The number of rotatable bonds is 5. The highest BCUT2D eigenvalue weighted by molar-refractivity contribution is 6.05. The van der Waals surface area contributed by atoms with Crippen molar-refractivity contribution in [3.05, 3.63) is 93.0 Å². The summed E-state index contributed by atoms with van der Waals surface area (Å²) in [6, 6.07) is 13.2. The standard InChI is InChI=1S/C25H24F2N4O3/c1-16-3-4-17(2)23(11-16)30-9-7-29(8-10-30)22-6-5-18(12-24(22)31(33)34)25(32)28-21-14-19(26)13-20(27)15-21/h3-6,11-15H,7-10H2,1-2H3,(H,28,32). The molecule has 7 nitrogen and oxygen atoms in total. The highest BCUT2D eigenvalue weighted by Gasteiger charge is 2.26. The number of nitrogens with one attached hydrogen (secondary N) is 1. The first-order valence-electron chi connectivity index (χ1n) is 10.8. The van der Waals surface area contributed by atoms with Gasteiger partial charge in [-0.3, -0.25) is 14.9 Å². The molecular formula is C25H24F2N4O3. The summed E-state index contributed by atoms with van der Waals surface area (Å²) in [7, 11) is 0. The van der Waals surface area contributed by atoms with Crippen LogP contribution in [0.25, 0.3) is 0 Å². The monoisotopic (exact) mass is 466 g/mol. The molecule has 3 aromatic rings. The summed E-state index contributed by atoms with van der Waals surface area (Å²) >= 11 is 0. The minimum atomic E-state index is -0.836. The van der Waals surface area contributed by atoms with Gasteiger partial charge >= 0.3 is 0 Å². The van der Waals surface area contributed by atoms with Crippen LogP contribution in [0.2, 0.25) is 0 Å². The molecule has 3 aromatic carbocycles. The second-order valence-electron chi connectivity index (χ2n) is 8.34. The molecule has 0 aliphatic carbocycles. The third-order valence-electron chi connectivity index (χ3n) is 5.88. The molecule has 1 amide bonds. The van der Waals surface area contributed by atoms with Crippen LogP contribution in [-0.4, -0.2) is 37.0 Å². The minimum absolute atomic E-state index is 0.0224. The third kappa shape index (κ3) is 4.98. The lowest BCUT2D eigenvalue weighted by Gasteiger charge is -2.37. The molecule has 0 unspecified atom stereocenters. The molecule has 0 aromatic heterocycles. The SMILES string of the molecule is Cc1ccc(C)c(N2CCN(c3ccc(C(=O)Nc4cc(F)cc(F)c4)cc3[N+](=O)[O-])CC2)c1. The van der Waals surface area contributed by atoms with Gasteiger partial charge in [0.25, 0.3) is 11.6 Å². The molecule has 1 aliphatic heterocycles. The Morgan fingerprint density at radius 3 is 2.12 bits per heavy atom. The Morgan fingerprint density at radius 1 is 0.882 bits per heavy atom. The quantitative estimate of drug-likeness (QED) is 0.420. The maximum Gasteiger partial charge on any atom is 0.293 e. The smallest absolute Gasteiger partial charge is 0.293 e. The summed E-state index contributed by atoms with van der Waals surface area (Å²) in [5, 5.41) is 14.2. The van der Waals surface area contributed by atoms with Gasteiger partial charge in [-0.05, 0) is 55.3 Å². The zero-order valence-corrected chi connectivity index (χ0v) is 18.8. The predicted octanol–water partition coefficient (Wildman–Crippen LogP) is 5.07. The number of halogens is 2. The maximum atomic E-state index is 13.4. The van der Waals surface area contributed by atoms with Crippen LogP contribution in [0.3, 0.4) is 0 Å². The van der Waals surface area contributed by atoms with Crippen LogP contribution in [0.5, 0.6) is 0 Å². The second kappa shape index (κ2) is 9.46. The molecule has 0 bridgehead atoms. The summed E-state index contributed by atoms with van der Waals surface area (Å²) in [5.74, 6) is -2.37. The first-order chi connectivity index (χ1) is 16.2. The Morgan fingerprint density at radius 2 is 1.50 bits per heavy atom. The van der Waals surface area contributed by atoms with Gasteiger partial charge in [0.1, 0.15) is 17.3 Å². The summed E-state index contributed by atoms with van der Waals surface area (Å²) in [5.41, 5.74) is 3.70. The number of piperazine rings is 1. The van der Waals surface area contributed by atoms with E-state index in [1.54, 1.807) is 6.07 Å². The molecule has 9 heteroatoms. The van der Waals surface area contributed by atoms with E-state index >= 15 is 0 Å². The van der Waals surface area contributed by atoms with E-state index in [2.05, 4.69) is 35.3 Å². The van der Waals surface area contributed by atoms with Gasteiger partial charge < -0.3 is 15.1 Å². The van der Waals surface area contributed by atoms with E-state index in [-0.39, 0.29) is 16.9 Å². The van der Waals surface area contributed by atoms with Crippen molar-refractivity contribution < 1.29 is 18.5 Å². The van der Waals surface area contributed by atoms with Gasteiger partial charge in [0.05, 0.1) is 4.92 Å². The number of nitro groups is 1. The zero-order chi connectivity index (χ0) is 24.4. The summed E-state index contributed by atoms with van der Waals surface area (Å²) < 4.78 is 26.8. The number of hydrogen-bond donors (Lipinski definition) is 1. The number of aryl methyl sites for hydroxylation is 2. The maximum absolute atomic E-state index is 13.4. The fraction of sp³-hybridized carbons (Fsp3) is 0.240. The highest BCUT2D eigenvalue weighted by atomic mass is 19.1. The van der Waals surface area contributed by atoms with Crippen LogP contribution in [-0.2, 0) is 0 Å². The molecule has 0 spiro atoms. The molecule has 0 saturated carbocycles. The average molecular weight is 466 g/mol. The van der Waals surface area contributed by atoms with Gasteiger partial charge in [-0.25, -0.2) is 8.78 Å². The largest absolute Gasteiger partial charge is 0.368 e. The summed E-state index contributed by atoms with van der Waals surface area (Å²) in [4.78, 5) is 28.0. The van der Waals surface area contributed by atoms with Gasteiger partial charge in [0.2, 0.25) is 0 Å². The normalized spacial score (nSPS) is 13.6. The molecule has 0 atom stereocenters. The van der Waals surface area contributed by atoms with E-state index < -0.39 is 22.5 Å². The molecule has 1 aliphatic rings. The van der Waals surface area contributed by atoms with E-state index in [1.165, 1.54) is 23.3 Å². The zero-order valence-electron chi connectivity index (χ0n) is 18.8. The Balaban J connectivity index is 1.51. The second-order valence-corrected chi connectivity index (χ2v) is 8.34. The lowest BCUT2D eigenvalue weighted by atomic mass is 10.1. The lowest BCUT2D eigenvalue weighted by Crippen LogP contribution is -2.47. The van der Waals surface area contributed by atoms with E-state index in [4.69, 9.17) is 0 Å². The molecule has 1 fully saturated rings. The molecular weight excluding hydrogens is 442 g/mol. The molecule has 1 N–H and O–H groups in total. The van der Waals surface area contributed by atoms with Crippen molar-refractivity contribution >= 4 is 28.7 Å². The Kier molecular flexibility index (Phi) is 6.45. The topological polar surface area (TPSA) is 78.7 Å². The van der Waals surface area contributed by atoms with Crippen LogP contribution >= 0.6 is 0 Å². The first-order valence-corrected chi connectivity index (χ1v) is 10.8. The van der Waals surface area contributed by atoms with Crippen LogP contribution in [0, 0.1) is 35.6 Å². The van der Waals surface area contributed by atoms with E-state index in [1.807, 2.05) is 11.8 Å². The number of amides is 1. The van der Waals surface area contributed by atoms with Crippen LogP contribution in [0.15, 0.2) is 54.6 Å². The molecule has 4 rings (SSSR count). The van der Waals surface area contributed by atoms with Gasteiger partial charge in [-0.2, -0.15) is 0 Å². The molecule has 1 heterocycles. The van der Waals surface area contributed by atoms with E-state index in [9.17, 15) is 23.7 Å². The van der Waals surface area contributed by atoms with Crippen molar-refractivity contribution in [3.8, 4) is 0 Å². The van der Waals surface area contributed by atoms with E-state index in [0.717, 1.165) is 17.8 Å². The predicted molar refractivity (Wildman–Crippen MR) is 128 cm³/mol. The number of nitro benzene ring substituents is 1. The molecule has 34 heavy (non-hydrogen) atoms. The van der Waals surface area contributed by atoms with Crippen molar-refractivity contribution in [1.82, 2.24) is 0 Å². The van der Waals surface area contributed by atoms with Crippen molar-refractivity contribution in [1.29, 1.82) is 0 Å². The number of nitrogens with zero attached hydrogens (tertiary/aromatic N) is 3. The van der Waals surface area contributed by atoms with Gasteiger partial charge in [0.15, 0.2) is 0 Å². The fourth-order valence-electron chi connectivity index (χ4n) is 4.16. The third-order valence-corrected chi connectivity index (χ3v) is 5.88. The van der Waals surface area contributed by atoms with Gasteiger partial charge in [-0.15, -0.1) is 0 Å². The van der Waals surface area contributed by atoms with Crippen LogP contribution < -0.4 is 15.1 Å². The number of benzene rings is 3. The summed E-state index contributed by atoms with van der Waals surface area (Å²) in [6.45, 7) is 6.69. The van der Waals surface area contributed by atoms with Crippen LogP contribution in [0.1, 0.15) is 21.5 Å². The molecule has 176 valence electrons. The first kappa shape index (κ1) is 23.2. The van der Waals surface area contributed by atoms with Gasteiger partial charge in [-0.1, -0.05) is 12.1 Å². The lowest BCUT2D eigenvalue weighted by molar-refractivity contribution is -0.384. The van der Waals surface area contributed by atoms with Crippen molar-refractivity contribution in [2.75, 3.05) is 41.3 Å². The number of hydrogen-bond acceptors (Lipinski definition) is 5. The van der Waals surface area contributed by atoms with Crippen molar-refractivity contribution in [2.45, 2.75) is 13.8 Å². The number of carbonyl (C=O) groups excluding carboxylic acids is 1. The Bertz CT molecular complexity index is 1240. The highest BCUT2D eigenvalue weighted by Crippen LogP contribution is 2.32. The van der Waals surface area contributed by atoms with Crippen molar-refractivity contribution in [3.63, 3.8) is 0 Å². The van der Waals surface area contributed by atoms with Crippen molar-refractivity contribution in [2.24, 2.45) is 0 Å². The fourth-order valence-corrected chi connectivity index (χ4v) is 4.16. The average Bonchev–Trinajstić information content (AvgIpc) is 2.79. The number of anilines is 3. The minimum Gasteiger partial charge on any atom is -0.368 e. The summed E-state index contributed by atoms with van der Waals surface area (Å²) in [6.07, 6.45) is 0.